The molecular formula is C12H23ClN4O. The normalized spacial score (nSPS) is 10.9. The molecule has 4 N–H and O–H groups in total. The highest BCUT2D eigenvalue weighted by molar-refractivity contribution is 5.89. The van der Waals surface area contributed by atoms with Crippen LogP contribution in [-0.4, -0.2) is 22.6 Å². The van der Waals surface area contributed by atoms with Gasteiger partial charge in [0.1, 0.15) is 0 Å². The molecule has 0 atom stereocenters. The van der Waals surface area contributed by atoms with E-state index in [-0.39, 0.29) is 23.7 Å². The van der Waals surface area contributed by atoms with Crippen molar-refractivity contribution >= 4 is 24.1 Å². The van der Waals surface area contributed by atoms with Gasteiger partial charge in [0.25, 0.3) is 0 Å². The molecule has 1 heterocycles. The molecule has 5 nitrogen and oxygen atoms in total. The van der Waals surface area contributed by atoms with Gasteiger partial charge in [-0.2, -0.15) is 5.10 Å². The molecule has 0 bridgehead atoms. The molecule has 0 aromatic carbocycles. The molecule has 1 amide bonds. The zero-order valence-corrected chi connectivity index (χ0v) is 12.1. The van der Waals surface area contributed by atoms with Gasteiger partial charge in [0.05, 0.1) is 0 Å². The van der Waals surface area contributed by atoms with Gasteiger partial charge >= 0.3 is 0 Å². The van der Waals surface area contributed by atoms with Crippen molar-refractivity contribution in [2.24, 2.45) is 11.1 Å². The maximum atomic E-state index is 11.4. The Morgan fingerprint density at radius 2 is 2.17 bits per heavy atom. The standard InChI is InChI=1S/C12H22N4O.ClH/c1-12(2,3)8-9-7-10(16-15-9)14-11(17)5-4-6-13;/h7H,4-6,8,13H2,1-3H3,(H2,14,15,16,17);1H. The van der Waals surface area contributed by atoms with E-state index in [2.05, 4.69) is 36.3 Å². The third-order valence-corrected chi connectivity index (χ3v) is 2.23. The van der Waals surface area contributed by atoms with E-state index >= 15 is 0 Å². The number of nitrogens with two attached hydrogens (primary N) is 1. The highest BCUT2D eigenvalue weighted by atomic mass is 35.5. The number of carbonyl (C=O) groups excluding carboxylic acids is 1. The molecule has 6 heteroatoms. The maximum Gasteiger partial charge on any atom is 0.225 e. The average molecular weight is 275 g/mol. The lowest BCUT2D eigenvalue weighted by Gasteiger charge is -2.15. The molecule has 0 unspecified atom stereocenters. The van der Waals surface area contributed by atoms with E-state index in [0.29, 0.717) is 25.2 Å². The second-order valence-corrected chi connectivity index (χ2v) is 5.46. The molecule has 0 aliphatic heterocycles. The zero-order chi connectivity index (χ0) is 12.9. The quantitative estimate of drug-likeness (QED) is 0.769. The minimum absolute atomic E-state index is 0. The Balaban J connectivity index is 0.00000289. The Bertz CT molecular complexity index is 370. The highest BCUT2D eigenvalue weighted by Gasteiger charge is 2.13. The minimum atomic E-state index is -0.0377. The summed E-state index contributed by atoms with van der Waals surface area (Å²) in [6.45, 7) is 7.01. The van der Waals surface area contributed by atoms with Gasteiger partial charge in [-0.25, -0.2) is 0 Å². The van der Waals surface area contributed by atoms with Crippen LogP contribution in [0.2, 0.25) is 0 Å². The first-order valence-electron chi connectivity index (χ1n) is 5.95. The first kappa shape index (κ1) is 16.9. The summed E-state index contributed by atoms with van der Waals surface area (Å²) in [7, 11) is 0. The third kappa shape index (κ3) is 6.61. The molecule has 1 aromatic heterocycles. The number of carbonyl (C=O) groups is 1. The van der Waals surface area contributed by atoms with E-state index in [4.69, 9.17) is 5.73 Å². The zero-order valence-electron chi connectivity index (χ0n) is 11.2. The molecule has 0 aliphatic carbocycles. The fraction of sp³-hybridized carbons (Fsp3) is 0.667. The molecular weight excluding hydrogens is 252 g/mol. The van der Waals surface area contributed by atoms with E-state index in [0.717, 1.165) is 12.1 Å². The fourth-order valence-electron chi connectivity index (χ4n) is 1.56. The van der Waals surface area contributed by atoms with Crippen molar-refractivity contribution < 1.29 is 4.79 Å². The number of nitrogens with zero attached hydrogens (tertiary/aromatic N) is 1. The van der Waals surface area contributed by atoms with Crippen molar-refractivity contribution in [2.75, 3.05) is 11.9 Å². The number of aromatic nitrogens is 2. The van der Waals surface area contributed by atoms with Crippen molar-refractivity contribution in [3.63, 3.8) is 0 Å². The SMILES string of the molecule is CC(C)(C)Cc1cc(NC(=O)CCCN)n[nH]1.Cl. The van der Waals surface area contributed by atoms with Crippen LogP contribution in [0.1, 0.15) is 39.3 Å². The number of aromatic amines is 1. The van der Waals surface area contributed by atoms with Crippen LogP contribution in [0.5, 0.6) is 0 Å². The first-order valence-corrected chi connectivity index (χ1v) is 5.95. The summed E-state index contributed by atoms with van der Waals surface area (Å²) in [5.74, 6) is 0.551. The van der Waals surface area contributed by atoms with E-state index < -0.39 is 0 Å². The average Bonchev–Trinajstić information content (AvgIpc) is 2.59. The van der Waals surface area contributed by atoms with Crippen LogP contribution in [-0.2, 0) is 11.2 Å². The molecule has 1 aromatic rings. The number of nitrogens with one attached hydrogen (secondary N) is 2. The van der Waals surface area contributed by atoms with Gasteiger partial charge < -0.3 is 11.1 Å². The smallest absolute Gasteiger partial charge is 0.225 e. The van der Waals surface area contributed by atoms with Crippen LogP contribution in [0.15, 0.2) is 6.07 Å². The number of rotatable bonds is 5. The molecule has 18 heavy (non-hydrogen) atoms. The topological polar surface area (TPSA) is 83.8 Å². The Kier molecular flexibility index (Phi) is 6.94. The second-order valence-electron chi connectivity index (χ2n) is 5.46. The summed E-state index contributed by atoms with van der Waals surface area (Å²) >= 11 is 0. The lowest BCUT2D eigenvalue weighted by Crippen LogP contribution is -2.13. The summed E-state index contributed by atoms with van der Waals surface area (Å²) in [6, 6.07) is 1.88. The predicted molar refractivity (Wildman–Crippen MR) is 75.9 cm³/mol. The number of hydrogen-bond acceptors (Lipinski definition) is 3. The van der Waals surface area contributed by atoms with Gasteiger partial charge in [-0.3, -0.25) is 9.89 Å². The predicted octanol–water partition coefficient (Wildman–Crippen LogP) is 2.10. The van der Waals surface area contributed by atoms with Gasteiger partial charge in [0.15, 0.2) is 5.82 Å². The number of amides is 1. The van der Waals surface area contributed by atoms with Crippen molar-refractivity contribution in [1.82, 2.24) is 10.2 Å². The molecule has 0 saturated heterocycles. The van der Waals surface area contributed by atoms with Gasteiger partial charge in [0.2, 0.25) is 5.91 Å². The Labute approximate surface area is 114 Å². The highest BCUT2D eigenvalue weighted by Crippen LogP contribution is 2.20. The number of halogens is 1. The summed E-state index contributed by atoms with van der Waals surface area (Å²) in [4.78, 5) is 11.4. The Morgan fingerprint density at radius 3 is 2.72 bits per heavy atom. The van der Waals surface area contributed by atoms with E-state index in [9.17, 15) is 4.79 Å². The number of hydrogen-bond donors (Lipinski definition) is 3. The molecule has 0 radical (unpaired) electrons. The largest absolute Gasteiger partial charge is 0.330 e. The van der Waals surface area contributed by atoms with Crippen LogP contribution < -0.4 is 11.1 Å². The lowest BCUT2D eigenvalue weighted by molar-refractivity contribution is -0.116. The van der Waals surface area contributed by atoms with Gasteiger partial charge in [-0.1, -0.05) is 20.8 Å². The van der Waals surface area contributed by atoms with Crippen molar-refractivity contribution in [1.29, 1.82) is 0 Å². The molecule has 104 valence electrons. The summed E-state index contributed by atoms with van der Waals surface area (Å²) in [5.41, 5.74) is 6.58. The van der Waals surface area contributed by atoms with Gasteiger partial charge in [0, 0.05) is 18.2 Å². The lowest BCUT2D eigenvalue weighted by atomic mass is 9.91. The summed E-state index contributed by atoms with van der Waals surface area (Å²) in [5, 5.41) is 9.74. The van der Waals surface area contributed by atoms with Crippen LogP contribution in [0.3, 0.4) is 0 Å². The monoisotopic (exact) mass is 274 g/mol. The third-order valence-electron chi connectivity index (χ3n) is 2.23. The van der Waals surface area contributed by atoms with Crippen molar-refractivity contribution in [2.45, 2.75) is 40.0 Å². The van der Waals surface area contributed by atoms with E-state index in [1.807, 2.05) is 6.07 Å². The van der Waals surface area contributed by atoms with Gasteiger partial charge in [-0.05, 0) is 24.8 Å². The second kappa shape index (κ2) is 7.38. The van der Waals surface area contributed by atoms with Gasteiger partial charge in [-0.15, -0.1) is 12.4 Å². The minimum Gasteiger partial charge on any atom is -0.330 e. The molecule has 0 saturated carbocycles. The Hall–Kier alpha value is -1.07. The number of anilines is 1. The van der Waals surface area contributed by atoms with Crippen LogP contribution in [0.4, 0.5) is 5.82 Å². The van der Waals surface area contributed by atoms with E-state index in [1.165, 1.54) is 0 Å². The molecule has 0 aliphatic rings. The van der Waals surface area contributed by atoms with E-state index in [1.54, 1.807) is 0 Å². The summed E-state index contributed by atoms with van der Waals surface area (Å²) < 4.78 is 0. The maximum absolute atomic E-state index is 11.4. The van der Waals surface area contributed by atoms with Crippen molar-refractivity contribution in [3.05, 3.63) is 11.8 Å². The number of H-pyrrole nitrogens is 1. The molecule has 1 rings (SSSR count). The van der Waals surface area contributed by atoms with Crippen molar-refractivity contribution in [3.8, 4) is 0 Å². The van der Waals surface area contributed by atoms with Crippen LogP contribution in [0.25, 0.3) is 0 Å². The molecule has 0 fully saturated rings. The first-order chi connectivity index (χ1) is 7.90. The fourth-order valence-corrected chi connectivity index (χ4v) is 1.56. The van der Waals surface area contributed by atoms with Crippen LogP contribution in [0, 0.1) is 5.41 Å². The van der Waals surface area contributed by atoms with Crippen LogP contribution >= 0.6 is 12.4 Å². The Morgan fingerprint density at radius 1 is 1.50 bits per heavy atom. The summed E-state index contributed by atoms with van der Waals surface area (Å²) in [6.07, 6.45) is 2.04. The molecule has 0 spiro atoms.